The molecule has 1 N–H and O–H groups in total. The van der Waals surface area contributed by atoms with Gasteiger partial charge in [-0.2, -0.15) is 0 Å². The third-order valence-electron chi connectivity index (χ3n) is 5.57. The van der Waals surface area contributed by atoms with Crippen LogP contribution in [0.25, 0.3) is 5.69 Å². The summed E-state index contributed by atoms with van der Waals surface area (Å²) in [5.74, 6) is -0.286. The Morgan fingerprint density at radius 1 is 1.14 bits per heavy atom. The van der Waals surface area contributed by atoms with Crippen molar-refractivity contribution >= 4 is 17.7 Å². The molecule has 1 heterocycles. The Kier molecular flexibility index (Phi) is 5.87. The van der Waals surface area contributed by atoms with Gasteiger partial charge in [-0.3, -0.25) is 9.69 Å². The Morgan fingerprint density at radius 2 is 1.75 bits per heavy atom. The maximum absolute atomic E-state index is 13.3. The maximum Gasteiger partial charge on any atom is 0.341 e. The molecule has 1 aromatic carbocycles. The van der Waals surface area contributed by atoms with Crippen LogP contribution in [0.15, 0.2) is 30.5 Å². The molecule has 0 unspecified atom stereocenters. The maximum atomic E-state index is 13.3. The van der Waals surface area contributed by atoms with E-state index in [-0.39, 0.29) is 29.2 Å². The summed E-state index contributed by atoms with van der Waals surface area (Å²) in [7, 11) is 0. The number of carboxylic acid groups (broad SMARTS) is 1. The van der Waals surface area contributed by atoms with Gasteiger partial charge in [0, 0.05) is 18.2 Å². The van der Waals surface area contributed by atoms with Crippen LogP contribution in [0.1, 0.15) is 62.4 Å². The topological polar surface area (TPSA) is 75.4 Å². The summed E-state index contributed by atoms with van der Waals surface area (Å²) in [6, 6.07) is 7.51. The van der Waals surface area contributed by atoms with E-state index in [4.69, 9.17) is 0 Å². The van der Waals surface area contributed by atoms with Crippen molar-refractivity contribution in [2.45, 2.75) is 59.4 Å². The Balaban J connectivity index is 1.99. The number of hydrogen-bond acceptors (Lipinski definition) is 3. The van der Waals surface area contributed by atoms with Crippen molar-refractivity contribution in [1.82, 2.24) is 9.78 Å². The van der Waals surface area contributed by atoms with Gasteiger partial charge in [0.2, 0.25) is 5.91 Å². The van der Waals surface area contributed by atoms with Gasteiger partial charge in [0.05, 0.1) is 5.69 Å². The average Bonchev–Trinajstić information content (AvgIpc) is 3.07. The summed E-state index contributed by atoms with van der Waals surface area (Å²) < 4.78 is 1.55. The molecule has 1 aliphatic carbocycles. The Bertz CT molecular complexity index is 846. The third-order valence-corrected chi connectivity index (χ3v) is 5.57. The minimum Gasteiger partial charge on any atom is -0.477 e. The molecule has 6 nitrogen and oxygen atoms in total. The van der Waals surface area contributed by atoms with Crippen LogP contribution in [0.2, 0.25) is 0 Å². The van der Waals surface area contributed by atoms with Crippen LogP contribution < -0.4 is 4.90 Å². The zero-order valence-corrected chi connectivity index (χ0v) is 17.1. The van der Waals surface area contributed by atoms with E-state index in [9.17, 15) is 14.7 Å². The predicted octanol–water partition coefficient (Wildman–Crippen LogP) is 4.45. The highest BCUT2D eigenvalue weighted by Gasteiger charge is 2.34. The molecule has 1 aromatic heterocycles. The van der Waals surface area contributed by atoms with Gasteiger partial charge in [-0.15, -0.1) is 5.10 Å². The first-order chi connectivity index (χ1) is 13.3. The first-order valence-corrected chi connectivity index (χ1v) is 10.0. The number of anilines is 1. The van der Waals surface area contributed by atoms with Crippen LogP contribution in [0.4, 0.5) is 5.82 Å². The smallest absolute Gasteiger partial charge is 0.341 e. The molecule has 0 saturated heterocycles. The Hall–Kier alpha value is -2.63. The fourth-order valence-corrected chi connectivity index (χ4v) is 3.83. The highest BCUT2D eigenvalue weighted by atomic mass is 16.4. The third kappa shape index (κ3) is 4.11. The fourth-order valence-electron chi connectivity index (χ4n) is 3.83. The quantitative estimate of drug-likeness (QED) is 0.828. The lowest BCUT2D eigenvalue weighted by molar-refractivity contribution is -0.123. The lowest BCUT2D eigenvalue weighted by Gasteiger charge is -2.32. The Morgan fingerprint density at radius 3 is 2.29 bits per heavy atom. The van der Waals surface area contributed by atoms with E-state index in [1.807, 2.05) is 45.0 Å². The molecule has 1 aliphatic rings. The number of aromatic carboxylic acids is 1. The van der Waals surface area contributed by atoms with E-state index in [0.29, 0.717) is 5.92 Å². The first kappa shape index (κ1) is 20.1. The molecular weight excluding hydrogens is 354 g/mol. The molecule has 0 spiro atoms. The normalized spacial score (nSPS) is 19.6. The second-order valence-electron chi connectivity index (χ2n) is 8.21. The second kappa shape index (κ2) is 8.17. The van der Waals surface area contributed by atoms with E-state index in [0.717, 1.165) is 36.9 Å². The van der Waals surface area contributed by atoms with Crippen LogP contribution in [-0.2, 0) is 4.79 Å². The number of aryl methyl sites for hydroxylation is 1. The lowest BCUT2D eigenvalue weighted by atomic mass is 9.82. The summed E-state index contributed by atoms with van der Waals surface area (Å²) >= 11 is 0. The molecule has 3 rings (SSSR count). The van der Waals surface area contributed by atoms with Crippen LogP contribution in [-0.4, -0.2) is 32.8 Å². The molecule has 1 fully saturated rings. The number of amides is 1. The number of aromatic nitrogens is 2. The second-order valence-corrected chi connectivity index (χ2v) is 8.21. The molecule has 0 aliphatic heterocycles. The molecule has 1 saturated carbocycles. The Labute approximate surface area is 166 Å². The van der Waals surface area contributed by atoms with Crippen molar-refractivity contribution in [3.05, 3.63) is 41.6 Å². The SMILES string of the molecule is Cc1ccc(-n2cc(C(=O)O)c(N(C(=O)C3CCC(C)CC3)C(C)C)n2)cc1. The van der Waals surface area contributed by atoms with Gasteiger partial charge in [0.25, 0.3) is 0 Å². The van der Waals surface area contributed by atoms with Crippen molar-refractivity contribution in [1.29, 1.82) is 0 Å². The number of hydrogen-bond donors (Lipinski definition) is 1. The molecule has 6 heteroatoms. The van der Waals surface area contributed by atoms with Gasteiger partial charge in [-0.25, -0.2) is 9.48 Å². The van der Waals surface area contributed by atoms with E-state index in [1.54, 1.807) is 9.58 Å². The molecule has 0 atom stereocenters. The molecule has 0 bridgehead atoms. The van der Waals surface area contributed by atoms with E-state index >= 15 is 0 Å². The monoisotopic (exact) mass is 383 g/mol. The number of nitrogens with zero attached hydrogens (tertiary/aromatic N) is 3. The van der Waals surface area contributed by atoms with Gasteiger partial charge in [0.1, 0.15) is 5.56 Å². The zero-order chi connectivity index (χ0) is 20.4. The van der Waals surface area contributed by atoms with Crippen molar-refractivity contribution in [2.24, 2.45) is 11.8 Å². The summed E-state index contributed by atoms with van der Waals surface area (Å²) in [4.78, 5) is 26.8. The van der Waals surface area contributed by atoms with Crippen LogP contribution in [0, 0.1) is 18.8 Å². The molecule has 0 radical (unpaired) electrons. The summed E-state index contributed by atoms with van der Waals surface area (Å²) in [5, 5.41) is 14.3. The van der Waals surface area contributed by atoms with Gasteiger partial charge >= 0.3 is 5.97 Å². The molecular formula is C22H29N3O3. The van der Waals surface area contributed by atoms with E-state index in [2.05, 4.69) is 12.0 Å². The van der Waals surface area contributed by atoms with E-state index < -0.39 is 5.97 Å². The van der Waals surface area contributed by atoms with Crippen LogP contribution in [0.3, 0.4) is 0 Å². The van der Waals surface area contributed by atoms with Crippen molar-refractivity contribution < 1.29 is 14.7 Å². The molecule has 2 aromatic rings. The number of carbonyl (C=O) groups is 2. The minimum atomic E-state index is -1.08. The summed E-state index contributed by atoms with van der Waals surface area (Å²) in [6.45, 7) is 8.01. The van der Waals surface area contributed by atoms with Crippen LogP contribution >= 0.6 is 0 Å². The van der Waals surface area contributed by atoms with Gasteiger partial charge in [0.15, 0.2) is 5.82 Å². The molecule has 150 valence electrons. The summed E-state index contributed by atoms with van der Waals surface area (Å²) in [6.07, 6.45) is 5.26. The lowest BCUT2D eigenvalue weighted by Crippen LogP contribution is -2.43. The minimum absolute atomic E-state index is 0.0152. The first-order valence-electron chi connectivity index (χ1n) is 10.0. The predicted molar refractivity (Wildman–Crippen MR) is 109 cm³/mol. The summed E-state index contributed by atoms with van der Waals surface area (Å²) in [5.41, 5.74) is 1.92. The number of benzene rings is 1. The van der Waals surface area contributed by atoms with E-state index in [1.165, 1.54) is 6.20 Å². The largest absolute Gasteiger partial charge is 0.477 e. The molecule has 28 heavy (non-hydrogen) atoms. The fraction of sp³-hybridized carbons (Fsp3) is 0.500. The van der Waals surface area contributed by atoms with Gasteiger partial charge in [-0.1, -0.05) is 24.6 Å². The van der Waals surface area contributed by atoms with Crippen molar-refractivity contribution in [3.63, 3.8) is 0 Å². The standard InChI is InChI=1S/C22H29N3O3/c1-14(2)25(21(26)17-9-5-15(3)6-10-17)20-19(22(27)28)13-24(23-20)18-11-7-16(4)8-12-18/h7-8,11-15,17H,5-6,9-10H2,1-4H3,(H,27,28). The van der Waals surface area contributed by atoms with Crippen LogP contribution in [0.5, 0.6) is 0 Å². The number of carbonyl (C=O) groups excluding carboxylic acids is 1. The molecule has 1 amide bonds. The highest BCUT2D eigenvalue weighted by molar-refractivity contribution is 6.01. The van der Waals surface area contributed by atoms with Gasteiger partial charge < -0.3 is 5.11 Å². The number of rotatable bonds is 5. The zero-order valence-electron chi connectivity index (χ0n) is 17.1. The van der Waals surface area contributed by atoms with Crippen molar-refractivity contribution in [2.75, 3.05) is 4.90 Å². The van der Waals surface area contributed by atoms with Crippen molar-refractivity contribution in [3.8, 4) is 5.69 Å². The highest BCUT2D eigenvalue weighted by Crippen LogP contribution is 2.32. The number of carboxylic acids is 1. The average molecular weight is 383 g/mol. The van der Waals surface area contributed by atoms with Gasteiger partial charge in [-0.05, 0) is 64.5 Å².